The van der Waals surface area contributed by atoms with E-state index < -0.39 is 0 Å². The Morgan fingerprint density at radius 1 is 0.478 bits per heavy atom. The van der Waals surface area contributed by atoms with Crippen LogP contribution in [0.5, 0.6) is 0 Å². The highest BCUT2D eigenvalue weighted by atomic mass is 79.9. The molecule has 0 rings (SSSR count). The van der Waals surface area contributed by atoms with E-state index in [1.165, 1.54) is 121 Å². The zero-order valence-electron chi connectivity index (χ0n) is 16.4. The number of hydrogen-bond acceptors (Lipinski definition) is 0. The van der Waals surface area contributed by atoms with E-state index in [2.05, 4.69) is 29.8 Å². The van der Waals surface area contributed by atoms with E-state index in [0.717, 1.165) is 5.92 Å². The van der Waals surface area contributed by atoms with Crippen molar-refractivity contribution in [2.45, 2.75) is 129 Å². The zero-order chi connectivity index (χ0) is 17.0. The van der Waals surface area contributed by atoms with E-state index in [1.54, 1.807) is 0 Å². The molecule has 140 valence electrons. The fourth-order valence-electron chi connectivity index (χ4n) is 3.43. The second kappa shape index (κ2) is 20.5. The van der Waals surface area contributed by atoms with E-state index >= 15 is 0 Å². The Balaban J connectivity index is 3.26. The van der Waals surface area contributed by atoms with Crippen LogP contribution in [0.25, 0.3) is 0 Å². The minimum absolute atomic E-state index is 0.940. The number of rotatable bonds is 19. The van der Waals surface area contributed by atoms with Crippen molar-refractivity contribution in [2.24, 2.45) is 5.92 Å². The van der Waals surface area contributed by atoms with Gasteiger partial charge < -0.3 is 0 Å². The summed E-state index contributed by atoms with van der Waals surface area (Å²) in [5.41, 5.74) is 0. The molecule has 0 aliphatic carbocycles. The molecule has 23 heavy (non-hydrogen) atoms. The third-order valence-electron chi connectivity index (χ3n) is 5.15. The molecule has 0 saturated carbocycles. The van der Waals surface area contributed by atoms with Gasteiger partial charge in [-0.25, -0.2) is 0 Å². The van der Waals surface area contributed by atoms with Crippen molar-refractivity contribution in [1.29, 1.82) is 0 Å². The summed E-state index contributed by atoms with van der Waals surface area (Å²) in [6.45, 7) is 4.60. The first-order valence-corrected chi connectivity index (χ1v) is 12.0. The van der Waals surface area contributed by atoms with Crippen molar-refractivity contribution >= 4 is 15.9 Å². The number of unbranched alkanes of at least 4 members (excludes halogenated alkanes) is 14. The molecule has 0 aromatic carbocycles. The Morgan fingerprint density at radius 2 is 0.783 bits per heavy atom. The molecule has 0 aliphatic rings. The van der Waals surface area contributed by atoms with Gasteiger partial charge in [-0.1, -0.05) is 133 Å². The summed E-state index contributed by atoms with van der Waals surface area (Å²) in [6, 6.07) is 0. The van der Waals surface area contributed by atoms with Crippen molar-refractivity contribution in [3.63, 3.8) is 0 Å². The van der Waals surface area contributed by atoms with Crippen LogP contribution < -0.4 is 0 Å². The molecular weight excluding hydrogens is 344 g/mol. The maximum Gasteiger partial charge on any atom is 0.00596 e. The highest BCUT2D eigenvalue weighted by molar-refractivity contribution is 9.09. The monoisotopic (exact) mass is 388 g/mol. The Labute approximate surface area is 156 Å². The van der Waals surface area contributed by atoms with Gasteiger partial charge in [0, 0.05) is 5.33 Å². The molecule has 0 heterocycles. The maximum atomic E-state index is 3.73. The Kier molecular flexibility index (Phi) is 21.0. The van der Waals surface area contributed by atoms with Crippen LogP contribution in [0.1, 0.15) is 129 Å². The highest BCUT2D eigenvalue weighted by Gasteiger charge is 2.06. The summed E-state index contributed by atoms with van der Waals surface area (Å²) in [4.78, 5) is 0. The molecular formula is C22H45Br. The van der Waals surface area contributed by atoms with Gasteiger partial charge in [0.15, 0.2) is 0 Å². The molecule has 1 unspecified atom stereocenters. The second-order valence-corrected chi connectivity index (χ2v) is 8.19. The standard InChI is InChI=1S/C22H45Br/c1-3-5-7-9-11-12-13-14-16-18-20-22(21-23)19-17-15-10-8-6-4-2/h22H,3-21H2,1-2H3. The van der Waals surface area contributed by atoms with Gasteiger partial charge >= 0.3 is 0 Å². The predicted molar refractivity (Wildman–Crippen MR) is 112 cm³/mol. The lowest BCUT2D eigenvalue weighted by Crippen LogP contribution is -2.02. The largest absolute Gasteiger partial charge is 0.0925 e. The Bertz CT molecular complexity index is 202. The first-order chi connectivity index (χ1) is 11.3. The van der Waals surface area contributed by atoms with Gasteiger partial charge in [0.05, 0.1) is 0 Å². The molecule has 0 bridgehead atoms. The van der Waals surface area contributed by atoms with E-state index in [0.29, 0.717) is 0 Å². The SMILES string of the molecule is CCCCCCCCCCCCC(CBr)CCCCCCCC. The fourth-order valence-corrected chi connectivity index (χ4v) is 4.08. The number of halogens is 1. The molecule has 0 aromatic rings. The molecule has 0 N–H and O–H groups in total. The lowest BCUT2D eigenvalue weighted by Gasteiger charge is -2.13. The van der Waals surface area contributed by atoms with Crippen LogP contribution >= 0.6 is 15.9 Å². The molecule has 0 radical (unpaired) electrons. The van der Waals surface area contributed by atoms with Crippen LogP contribution in [-0.2, 0) is 0 Å². The van der Waals surface area contributed by atoms with E-state index in [1.807, 2.05) is 0 Å². The van der Waals surface area contributed by atoms with Crippen LogP contribution in [0, 0.1) is 5.92 Å². The summed E-state index contributed by atoms with van der Waals surface area (Å²) in [5.74, 6) is 0.940. The summed E-state index contributed by atoms with van der Waals surface area (Å²) in [7, 11) is 0. The maximum absolute atomic E-state index is 3.73. The smallest absolute Gasteiger partial charge is 0.00596 e. The molecule has 0 aromatic heterocycles. The second-order valence-electron chi connectivity index (χ2n) is 7.55. The van der Waals surface area contributed by atoms with Crippen molar-refractivity contribution in [3.8, 4) is 0 Å². The lowest BCUT2D eigenvalue weighted by molar-refractivity contribution is 0.438. The number of alkyl halides is 1. The van der Waals surface area contributed by atoms with Gasteiger partial charge in [-0.2, -0.15) is 0 Å². The van der Waals surface area contributed by atoms with Gasteiger partial charge in [-0.3, -0.25) is 0 Å². The van der Waals surface area contributed by atoms with Crippen LogP contribution in [0.3, 0.4) is 0 Å². The van der Waals surface area contributed by atoms with Crippen molar-refractivity contribution in [2.75, 3.05) is 5.33 Å². The fraction of sp³-hybridized carbons (Fsp3) is 1.00. The molecule has 1 heteroatoms. The van der Waals surface area contributed by atoms with Gasteiger partial charge in [-0.15, -0.1) is 0 Å². The van der Waals surface area contributed by atoms with Gasteiger partial charge in [0.2, 0.25) is 0 Å². The first-order valence-electron chi connectivity index (χ1n) is 10.9. The lowest BCUT2D eigenvalue weighted by atomic mass is 9.95. The normalized spacial score (nSPS) is 12.7. The minimum Gasteiger partial charge on any atom is -0.0925 e. The van der Waals surface area contributed by atoms with Crippen LogP contribution in [-0.4, -0.2) is 5.33 Å². The van der Waals surface area contributed by atoms with Crippen LogP contribution in [0.4, 0.5) is 0 Å². The summed E-state index contributed by atoms with van der Waals surface area (Å²) < 4.78 is 0. The quantitative estimate of drug-likeness (QED) is 0.153. The average Bonchev–Trinajstić information content (AvgIpc) is 2.57. The molecule has 0 fully saturated rings. The number of hydrogen-bond donors (Lipinski definition) is 0. The van der Waals surface area contributed by atoms with Gasteiger partial charge in [-0.05, 0) is 18.8 Å². The molecule has 0 spiro atoms. The molecule has 0 nitrogen and oxygen atoms in total. The zero-order valence-corrected chi connectivity index (χ0v) is 18.0. The molecule has 1 atom stereocenters. The van der Waals surface area contributed by atoms with E-state index in [-0.39, 0.29) is 0 Å². The Hall–Kier alpha value is 0.480. The molecule has 0 saturated heterocycles. The molecule has 0 aliphatic heterocycles. The minimum atomic E-state index is 0.940. The summed E-state index contributed by atoms with van der Waals surface area (Å²) in [5, 5.41) is 1.22. The van der Waals surface area contributed by atoms with Crippen molar-refractivity contribution < 1.29 is 0 Å². The van der Waals surface area contributed by atoms with E-state index in [4.69, 9.17) is 0 Å². The van der Waals surface area contributed by atoms with Crippen molar-refractivity contribution in [1.82, 2.24) is 0 Å². The average molecular weight is 390 g/mol. The third kappa shape index (κ3) is 18.7. The van der Waals surface area contributed by atoms with Crippen LogP contribution in [0.2, 0.25) is 0 Å². The van der Waals surface area contributed by atoms with Gasteiger partial charge in [0.1, 0.15) is 0 Å². The summed E-state index contributed by atoms with van der Waals surface area (Å²) in [6.07, 6.45) is 26.1. The highest BCUT2D eigenvalue weighted by Crippen LogP contribution is 2.21. The summed E-state index contributed by atoms with van der Waals surface area (Å²) >= 11 is 3.73. The predicted octanol–water partition coefficient (Wildman–Crippen LogP) is 9.06. The van der Waals surface area contributed by atoms with Crippen molar-refractivity contribution in [3.05, 3.63) is 0 Å². The third-order valence-corrected chi connectivity index (χ3v) is 6.07. The van der Waals surface area contributed by atoms with E-state index in [9.17, 15) is 0 Å². The molecule has 0 amide bonds. The topological polar surface area (TPSA) is 0 Å². The first kappa shape index (κ1) is 23.5. The van der Waals surface area contributed by atoms with Crippen LogP contribution in [0.15, 0.2) is 0 Å². The van der Waals surface area contributed by atoms with Gasteiger partial charge in [0.25, 0.3) is 0 Å². The Morgan fingerprint density at radius 3 is 1.09 bits per heavy atom.